The Hall–Kier alpha value is -3.53. The van der Waals surface area contributed by atoms with E-state index in [0.29, 0.717) is 24.5 Å². The van der Waals surface area contributed by atoms with Crippen molar-refractivity contribution in [2.24, 2.45) is 0 Å². The highest BCUT2D eigenvalue weighted by atomic mass is 16.5. The highest BCUT2D eigenvalue weighted by molar-refractivity contribution is 5.99. The van der Waals surface area contributed by atoms with E-state index in [0.717, 1.165) is 22.3 Å². The van der Waals surface area contributed by atoms with Gasteiger partial charge < -0.3 is 14.8 Å². The smallest absolute Gasteiger partial charge is 0.244 e. The Morgan fingerprint density at radius 1 is 0.828 bits per heavy atom. The third kappa shape index (κ3) is 5.48. The lowest BCUT2D eigenvalue weighted by molar-refractivity contribution is -0.116. The van der Waals surface area contributed by atoms with Gasteiger partial charge in [-0.15, -0.1) is 0 Å². The average molecular weight is 387 g/mol. The third-order valence-corrected chi connectivity index (χ3v) is 4.61. The molecule has 1 N–H and O–H groups in total. The quantitative estimate of drug-likeness (QED) is 0.579. The Kier molecular flexibility index (Phi) is 7.06. The average Bonchev–Trinajstić information content (AvgIpc) is 2.78. The van der Waals surface area contributed by atoms with Crippen LogP contribution in [0.2, 0.25) is 0 Å². The van der Waals surface area contributed by atoms with Gasteiger partial charge in [-0.05, 0) is 40.8 Å². The number of methoxy groups -OCH3 is 2. The van der Waals surface area contributed by atoms with Gasteiger partial charge in [-0.3, -0.25) is 4.79 Å². The van der Waals surface area contributed by atoms with Gasteiger partial charge in [0.2, 0.25) is 5.91 Å². The van der Waals surface area contributed by atoms with E-state index >= 15 is 0 Å². The number of ether oxygens (including phenoxy) is 2. The van der Waals surface area contributed by atoms with Gasteiger partial charge in [0, 0.05) is 12.6 Å². The van der Waals surface area contributed by atoms with Crippen LogP contribution in [0.5, 0.6) is 11.5 Å². The van der Waals surface area contributed by atoms with E-state index in [4.69, 9.17) is 9.47 Å². The van der Waals surface area contributed by atoms with Crippen molar-refractivity contribution in [3.63, 3.8) is 0 Å². The Morgan fingerprint density at radius 3 is 1.97 bits per heavy atom. The minimum atomic E-state index is -0.117. The first-order chi connectivity index (χ1) is 14.2. The molecule has 29 heavy (non-hydrogen) atoms. The first-order valence-corrected chi connectivity index (χ1v) is 9.52. The number of hydrogen-bond donors (Lipinski definition) is 1. The van der Waals surface area contributed by atoms with E-state index < -0.39 is 0 Å². The topological polar surface area (TPSA) is 47.6 Å². The van der Waals surface area contributed by atoms with Gasteiger partial charge in [0.05, 0.1) is 14.2 Å². The SMILES string of the molecule is COc1ccc(CCNC(=O)C=C(c2ccccc2)c2ccccc2)cc1OC. The molecule has 0 atom stereocenters. The van der Waals surface area contributed by atoms with Gasteiger partial charge in [0.15, 0.2) is 11.5 Å². The fourth-order valence-corrected chi connectivity index (χ4v) is 3.12. The van der Waals surface area contributed by atoms with Crippen molar-refractivity contribution in [3.05, 3.63) is 102 Å². The molecule has 148 valence electrons. The molecular formula is C25H25NO3. The van der Waals surface area contributed by atoms with Crippen LogP contribution in [0.25, 0.3) is 5.57 Å². The number of amides is 1. The van der Waals surface area contributed by atoms with Crippen molar-refractivity contribution >= 4 is 11.5 Å². The molecule has 0 saturated heterocycles. The summed E-state index contributed by atoms with van der Waals surface area (Å²) in [6, 6.07) is 25.6. The molecule has 1 amide bonds. The second kappa shape index (κ2) is 10.1. The number of rotatable bonds is 8. The van der Waals surface area contributed by atoms with Crippen LogP contribution in [0, 0.1) is 0 Å². The molecule has 0 unspecified atom stereocenters. The summed E-state index contributed by atoms with van der Waals surface area (Å²) in [5, 5.41) is 2.98. The summed E-state index contributed by atoms with van der Waals surface area (Å²) in [7, 11) is 3.23. The summed E-state index contributed by atoms with van der Waals surface area (Å²) in [5.74, 6) is 1.26. The van der Waals surface area contributed by atoms with Crippen molar-refractivity contribution in [2.45, 2.75) is 6.42 Å². The summed E-state index contributed by atoms with van der Waals surface area (Å²) >= 11 is 0. The summed E-state index contributed by atoms with van der Waals surface area (Å²) in [5.41, 5.74) is 3.98. The van der Waals surface area contributed by atoms with Crippen molar-refractivity contribution in [1.29, 1.82) is 0 Å². The van der Waals surface area contributed by atoms with E-state index in [-0.39, 0.29) is 5.91 Å². The lowest BCUT2D eigenvalue weighted by atomic mass is 9.97. The molecule has 0 bridgehead atoms. The molecule has 0 radical (unpaired) electrons. The second-order valence-electron chi connectivity index (χ2n) is 6.52. The van der Waals surface area contributed by atoms with Crippen LogP contribution in [0.4, 0.5) is 0 Å². The second-order valence-corrected chi connectivity index (χ2v) is 6.52. The molecule has 0 saturated carbocycles. The van der Waals surface area contributed by atoms with Crippen LogP contribution in [-0.2, 0) is 11.2 Å². The van der Waals surface area contributed by atoms with Crippen molar-refractivity contribution < 1.29 is 14.3 Å². The van der Waals surface area contributed by atoms with Crippen molar-refractivity contribution in [3.8, 4) is 11.5 Å². The van der Waals surface area contributed by atoms with Gasteiger partial charge >= 0.3 is 0 Å². The molecule has 4 heteroatoms. The molecule has 0 aliphatic heterocycles. The number of hydrogen-bond acceptors (Lipinski definition) is 3. The minimum Gasteiger partial charge on any atom is -0.493 e. The predicted octanol–water partition coefficient (Wildman–Crippen LogP) is 4.49. The van der Waals surface area contributed by atoms with E-state index in [1.54, 1.807) is 20.3 Å². The summed E-state index contributed by atoms with van der Waals surface area (Å²) in [6.45, 7) is 0.529. The van der Waals surface area contributed by atoms with Gasteiger partial charge in [-0.1, -0.05) is 66.7 Å². The lowest BCUT2D eigenvalue weighted by Gasteiger charge is -2.11. The van der Waals surface area contributed by atoms with Crippen LogP contribution in [-0.4, -0.2) is 26.7 Å². The maximum absolute atomic E-state index is 12.6. The molecule has 0 heterocycles. The molecule has 3 aromatic carbocycles. The largest absolute Gasteiger partial charge is 0.493 e. The highest BCUT2D eigenvalue weighted by Crippen LogP contribution is 2.27. The molecule has 0 aliphatic carbocycles. The maximum atomic E-state index is 12.6. The van der Waals surface area contributed by atoms with Gasteiger partial charge in [0.1, 0.15) is 0 Å². The lowest BCUT2D eigenvalue weighted by Crippen LogP contribution is -2.24. The number of nitrogens with one attached hydrogen (secondary N) is 1. The highest BCUT2D eigenvalue weighted by Gasteiger charge is 2.08. The first-order valence-electron chi connectivity index (χ1n) is 9.52. The fraction of sp³-hybridized carbons (Fsp3) is 0.160. The standard InChI is InChI=1S/C25H25NO3/c1-28-23-14-13-19(17-24(23)29-2)15-16-26-25(27)18-22(20-9-5-3-6-10-20)21-11-7-4-8-12-21/h3-14,17-18H,15-16H2,1-2H3,(H,26,27). The molecule has 0 fully saturated rings. The van der Waals surface area contributed by atoms with E-state index in [1.165, 1.54) is 0 Å². The van der Waals surface area contributed by atoms with Crippen LogP contribution in [0.15, 0.2) is 84.9 Å². The fourth-order valence-electron chi connectivity index (χ4n) is 3.12. The zero-order chi connectivity index (χ0) is 20.5. The van der Waals surface area contributed by atoms with E-state index in [9.17, 15) is 4.79 Å². The van der Waals surface area contributed by atoms with Gasteiger partial charge in [-0.25, -0.2) is 0 Å². The van der Waals surface area contributed by atoms with Crippen molar-refractivity contribution in [2.75, 3.05) is 20.8 Å². The van der Waals surface area contributed by atoms with Crippen molar-refractivity contribution in [1.82, 2.24) is 5.32 Å². The molecular weight excluding hydrogens is 362 g/mol. The van der Waals surface area contributed by atoms with Crippen LogP contribution in [0.3, 0.4) is 0 Å². The van der Waals surface area contributed by atoms with Gasteiger partial charge in [0.25, 0.3) is 0 Å². The molecule has 3 rings (SSSR count). The number of carbonyl (C=O) groups is 1. The Bertz CT molecular complexity index is 924. The van der Waals surface area contributed by atoms with Crippen LogP contribution < -0.4 is 14.8 Å². The Labute approximate surface area is 171 Å². The Morgan fingerprint density at radius 2 is 1.41 bits per heavy atom. The number of carbonyl (C=O) groups excluding carboxylic acids is 1. The molecule has 4 nitrogen and oxygen atoms in total. The normalized spacial score (nSPS) is 10.1. The zero-order valence-corrected chi connectivity index (χ0v) is 16.7. The molecule has 0 aromatic heterocycles. The minimum absolute atomic E-state index is 0.117. The van der Waals surface area contributed by atoms with Crippen LogP contribution in [0.1, 0.15) is 16.7 Å². The summed E-state index contributed by atoms with van der Waals surface area (Å²) in [6.07, 6.45) is 2.37. The molecule has 3 aromatic rings. The van der Waals surface area contributed by atoms with E-state index in [1.807, 2.05) is 78.9 Å². The van der Waals surface area contributed by atoms with Crippen LogP contribution >= 0.6 is 0 Å². The van der Waals surface area contributed by atoms with E-state index in [2.05, 4.69) is 5.32 Å². The molecule has 0 spiro atoms. The first kappa shape index (κ1) is 20.2. The number of benzene rings is 3. The summed E-state index contributed by atoms with van der Waals surface area (Å²) < 4.78 is 10.6. The summed E-state index contributed by atoms with van der Waals surface area (Å²) in [4.78, 5) is 12.6. The van der Waals surface area contributed by atoms with Gasteiger partial charge in [-0.2, -0.15) is 0 Å². The third-order valence-electron chi connectivity index (χ3n) is 4.61. The maximum Gasteiger partial charge on any atom is 0.244 e. The monoisotopic (exact) mass is 387 g/mol. The Balaban J connectivity index is 1.69. The molecule has 0 aliphatic rings. The predicted molar refractivity (Wildman–Crippen MR) is 116 cm³/mol. The zero-order valence-electron chi connectivity index (χ0n) is 16.7.